The maximum Gasteiger partial charge on any atom is 0.278 e. The van der Waals surface area contributed by atoms with Crippen molar-refractivity contribution in [2.45, 2.75) is 26.2 Å². The number of hydrogen-bond acceptors (Lipinski definition) is 6. The van der Waals surface area contributed by atoms with Crippen LogP contribution in [0.15, 0.2) is 54.2 Å². The van der Waals surface area contributed by atoms with E-state index in [4.69, 9.17) is 9.47 Å². The summed E-state index contributed by atoms with van der Waals surface area (Å²) in [7, 11) is 1.61. The molecule has 1 saturated heterocycles. The fourth-order valence-corrected chi connectivity index (χ4v) is 4.29. The van der Waals surface area contributed by atoms with Crippen LogP contribution in [0.4, 0.5) is 11.4 Å². The highest BCUT2D eigenvalue weighted by atomic mass is 16.5. The molecule has 4 rings (SSSR count). The molecule has 0 radical (unpaired) electrons. The molecule has 0 aliphatic carbocycles. The minimum absolute atomic E-state index is 0.295. The number of carbonyl (C=O) groups is 2. The summed E-state index contributed by atoms with van der Waals surface area (Å²) >= 11 is 0. The summed E-state index contributed by atoms with van der Waals surface area (Å²) in [5.74, 6) is 0.114. The number of nitrogens with zero attached hydrogens (tertiary/aromatic N) is 2. The Bertz CT molecular complexity index is 1010. The number of amides is 2. The first-order chi connectivity index (χ1) is 16.1. The summed E-state index contributed by atoms with van der Waals surface area (Å²) in [6.07, 6.45) is 3.02. The number of methoxy groups -OCH3 is 1. The predicted molar refractivity (Wildman–Crippen MR) is 129 cm³/mol. The second kappa shape index (κ2) is 10.5. The highest BCUT2D eigenvalue weighted by Crippen LogP contribution is 2.32. The van der Waals surface area contributed by atoms with E-state index >= 15 is 0 Å². The Hall–Kier alpha value is -3.32. The van der Waals surface area contributed by atoms with E-state index in [0.29, 0.717) is 43.0 Å². The summed E-state index contributed by atoms with van der Waals surface area (Å²) in [6, 6.07) is 15.3. The molecule has 174 valence electrons. The molecule has 0 saturated carbocycles. The van der Waals surface area contributed by atoms with E-state index in [9.17, 15) is 9.59 Å². The van der Waals surface area contributed by atoms with Gasteiger partial charge in [0.15, 0.2) is 0 Å². The van der Waals surface area contributed by atoms with E-state index in [2.05, 4.69) is 22.3 Å². The quantitative estimate of drug-likeness (QED) is 0.438. The van der Waals surface area contributed by atoms with Gasteiger partial charge in [-0.25, -0.2) is 0 Å². The number of hydrogen-bond donors (Lipinski definition) is 1. The minimum atomic E-state index is -0.316. The molecule has 33 heavy (non-hydrogen) atoms. The van der Waals surface area contributed by atoms with Crippen LogP contribution in [0.2, 0.25) is 0 Å². The molecule has 0 aromatic heterocycles. The molecule has 2 amide bonds. The first-order valence-corrected chi connectivity index (χ1v) is 11.6. The van der Waals surface area contributed by atoms with Crippen molar-refractivity contribution in [1.82, 2.24) is 4.90 Å². The second-order valence-electron chi connectivity index (χ2n) is 8.18. The normalized spacial score (nSPS) is 16.2. The Labute approximate surface area is 195 Å². The molecule has 0 spiro atoms. The molecule has 0 unspecified atom stereocenters. The first-order valence-electron chi connectivity index (χ1n) is 11.6. The third kappa shape index (κ3) is 5.03. The number of rotatable bonds is 10. The van der Waals surface area contributed by atoms with Crippen LogP contribution in [-0.4, -0.2) is 56.7 Å². The number of ether oxygens (including phenoxy) is 2. The van der Waals surface area contributed by atoms with Gasteiger partial charge in [-0.1, -0.05) is 12.1 Å². The number of imide groups is 1. The molecule has 2 aliphatic heterocycles. The molecule has 2 aromatic rings. The van der Waals surface area contributed by atoms with E-state index in [1.807, 2.05) is 43.3 Å². The lowest BCUT2D eigenvalue weighted by Crippen LogP contribution is -2.33. The maximum atomic E-state index is 13.3. The topological polar surface area (TPSA) is 71.1 Å². The fourth-order valence-electron chi connectivity index (χ4n) is 4.29. The van der Waals surface area contributed by atoms with Crippen molar-refractivity contribution in [3.63, 3.8) is 0 Å². The monoisotopic (exact) mass is 449 g/mol. The van der Waals surface area contributed by atoms with Crippen LogP contribution in [0, 0.1) is 0 Å². The molecule has 0 bridgehead atoms. The molecule has 1 N–H and O–H groups in total. The van der Waals surface area contributed by atoms with Gasteiger partial charge in [0.05, 0.1) is 12.2 Å². The van der Waals surface area contributed by atoms with E-state index in [1.165, 1.54) is 23.4 Å². The second-order valence-corrected chi connectivity index (χ2v) is 8.18. The summed E-state index contributed by atoms with van der Waals surface area (Å²) in [5.41, 5.74) is 3.31. The van der Waals surface area contributed by atoms with Gasteiger partial charge in [0.25, 0.3) is 11.8 Å². The van der Waals surface area contributed by atoms with Gasteiger partial charge in [-0.15, -0.1) is 0 Å². The van der Waals surface area contributed by atoms with Gasteiger partial charge in [-0.2, -0.15) is 0 Å². The Morgan fingerprint density at radius 3 is 2.27 bits per heavy atom. The van der Waals surface area contributed by atoms with Gasteiger partial charge in [0, 0.05) is 44.7 Å². The summed E-state index contributed by atoms with van der Waals surface area (Å²) in [5, 5.41) is 3.23. The zero-order valence-corrected chi connectivity index (χ0v) is 19.3. The number of anilines is 2. The van der Waals surface area contributed by atoms with Crippen LogP contribution in [0.5, 0.6) is 5.75 Å². The molecule has 7 heteroatoms. The number of nitrogens with one attached hydrogen (secondary N) is 1. The summed E-state index contributed by atoms with van der Waals surface area (Å²) in [6.45, 7) is 5.42. The van der Waals surface area contributed by atoms with Crippen molar-refractivity contribution >= 4 is 28.8 Å². The smallest absolute Gasteiger partial charge is 0.278 e. The van der Waals surface area contributed by atoms with E-state index < -0.39 is 0 Å². The maximum absolute atomic E-state index is 13.3. The van der Waals surface area contributed by atoms with Crippen molar-refractivity contribution < 1.29 is 19.1 Å². The molecule has 1 fully saturated rings. The SMILES string of the molecule is CCOc1ccc(C2=C(Nc3ccc(N4CCCC4)cc3)C(=O)N(CCCOC)C2=O)cc1. The van der Waals surface area contributed by atoms with Gasteiger partial charge >= 0.3 is 0 Å². The van der Waals surface area contributed by atoms with Gasteiger partial charge in [-0.3, -0.25) is 14.5 Å². The summed E-state index contributed by atoms with van der Waals surface area (Å²) < 4.78 is 10.6. The minimum Gasteiger partial charge on any atom is -0.494 e. The van der Waals surface area contributed by atoms with Crippen LogP contribution >= 0.6 is 0 Å². The molecule has 2 heterocycles. The Morgan fingerprint density at radius 1 is 0.939 bits per heavy atom. The van der Waals surface area contributed by atoms with Crippen LogP contribution in [0.25, 0.3) is 5.57 Å². The predicted octanol–water partition coefficient (Wildman–Crippen LogP) is 3.91. The molecular formula is C26H31N3O4. The highest BCUT2D eigenvalue weighted by molar-refractivity contribution is 6.36. The molecule has 2 aromatic carbocycles. The summed E-state index contributed by atoms with van der Waals surface area (Å²) in [4.78, 5) is 30.2. The van der Waals surface area contributed by atoms with Gasteiger partial charge in [-0.05, 0) is 68.1 Å². The zero-order chi connectivity index (χ0) is 23.2. The van der Waals surface area contributed by atoms with Crippen LogP contribution in [-0.2, 0) is 14.3 Å². The first kappa shape index (κ1) is 22.9. The number of carbonyl (C=O) groups excluding carboxylic acids is 2. The van der Waals surface area contributed by atoms with Crippen LogP contribution in [0.1, 0.15) is 31.7 Å². The lowest BCUT2D eigenvalue weighted by molar-refractivity contribution is -0.136. The lowest BCUT2D eigenvalue weighted by Gasteiger charge is -2.18. The third-order valence-corrected chi connectivity index (χ3v) is 5.96. The Morgan fingerprint density at radius 2 is 1.64 bits per heavy atom. The molecule has 7 nitrogen and oxygen atoms in total. The third-order valence-electron chi connectivity index (χ3n) is 5.96. The average molecular weight is 450 g/mol. The standard InChI is InChI=1S/C26H31N3O4/c1-3-33-22-13-7-19(8-14-22)23-24(26(31)29(25(23)30)17-6-18-32-2)27-20-9-11-21(12-10-20)28-15-4-5-16-28/h7-14,27H,3-6,15-18H2,1-2H3. The fraction of sp³-hybridized carbons (Fsp3) is 0.385. The van der Waals surface area contributed by atoms with Gasteiger partial charge < -0.3 is 19.7 Å². The lowest BCUT2D eigenvalue weighted by atomic mass is 10.0. The number of benzene rings is 2. The Kier molecular flexibility index (Phi) is 7.29. The van der Waals surface area contributed by atoms with Crippen LogP contribution < -0.4 is 15.0 Å². The van der Waals surface area contributed by atoms with Gasteiger partial charge in [0.2, 0.25) is 0 Å². The Balaban J connectivity index is 1.62. The largest absolute Gasteiger partial charge is 0.494 e. The molecular weight excluding hydrogens is 418 g/mol. The van der Waals surface area contributed by atoms with Crippen molar-refractivity contribution in [3.05, 3.63) is 59.8 Å². The molecule has 0 atom stereocenters. The van der Waals surface area contributed by atoms with E-state index in [-0.39, 0.29) is 11.8 Å². The van der Waals surface area contributed by atoms with Crippen molar-refractivity contribution in [3.8, 4) is 5.75 Å². The zero-order valence-electron chi connectivity index (χ0n) is 19.3. The van der Waals surface area contributed by atoms with E-state index in [0.717, 1.165) is 24.5 Å². The van der Waals surface area contributed by atoms with E-state index in [1.54, 1.807) is 7.11 Å². The van der Waals surface area contributed by atoms with Crippen molar-refractivity contribution in [1.29, 1.82) is 0 Å². The highest BCUT2D eigenvalue weighted by Gasteiger charge is 2.38. The van der Waals surface area contributed by atoms with Crippen molar-refractivity contribution in [2.75, 3.05) is 50.2 Å². The molecule has 2 aliphatic rings. The van der Waals surface area contributed by atoms with Crippen LogP contribution in [0.3, 0.4) is 0 Å². The van der Waals surface area contributed by atoms with Gasteiger partial charge in [0.1, 0.15) is 11.4 Å². The average Bonchev–Trinajstić information content (AvgIpc) is 3.44. The van der Waals surface area contributed by atoms with Crippen molar-refractivity contribution in [2.24, 2.45) is 0 Å².